The van der Waals surface area contributed by atoms with Crippen molar-refractivity contribution in [3.05, 3.63) is 58.9 Å². The maximum atomic E-state index is 14.9. The van der Waals surface area contributed by atoms with Crippen LogP contribution in [0.2, 0.25) is 0 Å². The molecule has 202 valence electrons. The summed E-state index contributed by atoms with van der Waals surface area (Å²) in [5.74, 6) is -0.927. The topological polar surface area (TPSA) is 56.3 Å². The smallest absolute Gasteiger partial charge is 0.337 e. The van der Waals surface area contributed by atoms with E-state index in [9.17, 15) is 14.0 Å². The fourth-order valence-corrected chi connectivity index (χ4v) is 4.95. The minimum Gasteiger partial charge on any atom is -0.465 e. The second-order valence-corrected chi connectivity index (χ2v) is 9.68. The summed E-state index contributed by atoms with van der Waals surface area (Å²) < 4.78 is 19.7. The third kappa shape index (κ3) is 6.67. The van der Waals surface area contributed by atoms with Crippen molar-refractivity contribution in [2.24, 2.45) is 0 Å². The predicted octanol–water partition coefficient (Wildman–Crippen LogP) is 4.30. The Morgan fingerprint density at radius 3 is 2.30 bits per heavy atom. The first-order chi connectivity index (χ1) is 17.7. The molecule has 4 rings (SSSR count). The summed E-state index contributed by atoms with van der Waals surface area (Å²) in [6.07, 6.45) is 1.59. The highest BCUT2D eigenvalue weighted by atomic mass is 19.1. The zero-order valence-electron chi connectivity index (χ0n) is 23.1. The van der Waals surface area contributed by atoms with E-state index >= 15 is 0 Å². The molecule has 8 heteroatoms. The van der Waals surface area contributed by atoms with Crippen LogP contribution in [0.5, 0.6) is 0 Å². The Hall–Kier alpha value is -2.97. The first-order valence-corrected chi connectivity index (χ1v) is 13.2. The average Bonchev–Trinajstić information content (AvgIpc) is 3.40. The van der Waals surface area contributed by atoms with Gasteiger partial charge in [0.1, 0.15) is 5.82 Å². The van der Waals surface area contributed by atoms with Crippen molar-refractivity contribution in [3.8, 4) is 0 Å². The zero-order chi connectivity index (χ0) is 27.1. The number of nitrogens with zero attached hydrogens (tertiary/aromatic N) is 4. The molecule has 2 aromatic carbocycles. The number of esters is 1. The second kappa shape index (κ2) is 13.0. The Labute approximate surface area is 220 Å². The van der Waals surface area contributed by atoms with Crippen molar-refractivity contribution in [2.75, 3.05) is 70.3 Å². The molecule has 37 heavy (non-hydrogen) atoms. The Kier molecular flexibility index (Phi) is 10.1. The van der Waals surface area contributed by atoms with Gasteiger partial charge in [0.05, 0.1) is 18.4 Å². The Morgan fingerprint density at radius 1 is 1.05 bits per heavy atom. The molecular weight excluding hydrogens is 471 g/mol. The molecule has 0 spiro atoms. The number of anilines is 2. The molecule has 7 nitrogen and oxygen atoms in total. The van der Waals surface area contributed by atoms with Crippen LogP contribution in [0.15, 0.2) is 36.4 Å². The molecule has 1 saturated heterocycles. The Balaban J connectivity index is 0.000000479. The van der Waals surface area contributed by atoms with Crippen LogP contribution in [-0.2, 0) is 11.2 Å². The van der Waals surface area contributed by atoms with E-state index in [-0.39, 0.29) is 11.7 Å². The molecule has 0 aromatic heterocycles. The second-order valence-electron chi connectivity index (χ2n) is 9.68. The highest BCUT2D eigenvalue weighted by Crippen LogP contribution is 2.31. The minimum atomic E-state index is -0.427. The van der Waals surface area contributed by atoms with Gasteiger partial charge in [0.2, 0.25) is 0 Å². The number of methoxy groups -OCH3 is 1. The SMILES string of the molecule is CCN(CC)CC.COC(=O)c1ccc2c(c1)CCN(c1ccc(N3CC[C@@H](N(C)C)C3)c(F)c1)C2=O. The van der Waals surface area contributed by atoms with Crippen molar-refractivity contribution >= 4 is 23.3 Å². The van der Waals surface area contributed by atoms with Crippen LogP contribution in [0.1, 0.15) is 53.5 Å². The number of amides is 1. The van der Waals surface area contributed by atoms with Crippen molar-refractivity contribution in [2.45, 2.75) is 39.7 Å². The molecule has 2 aliphatic heterocycles. The molecule has 0 radical (unpaired) electrons. The van der Waals surface area contributed by atoms with Crippen molar-refractivity contribution in [1.29, 1.82) is 0 Å². The minimum absolute atomic E-state index is 0.186. The molecule has 2 heterocycles. The number of hydrogen-bond acceptors (Lipinski definition) is 6. The van der Waals surface area contributed by atoms with Crippen LogP contribution in [0, 0.1) is 5.82 Å². The lowest BCUT2D eigenvalue weighted by molar-refractivity contribution is 0.0600. The highest BCUT2D eigenvalue weighted by molar-refractivity contribution is 6.08. The van der Waals surface area contributed by atoms with Gasteiger partial charge in [-0.25, -0.2) is 9.18 Å². The van der Waals surface area contributed by atoms with Crippen LogP contribution >= 0.6 is 0 Å². The summed E-state index contributed by atoms with van der Waals surface area (Å²) in [6, 6.07) is 10.4. The van der Waals surface area contributed by atoms with Gasteiger partial charge >= 0.3 is 5.97 Å². The highest BCUT2D eigenvalue weighted by Gasteiger charge is 2.29. The van der Waals surface area contributed by atoms with Crippen LogP contribution in [0.3, 0.4) is 0 Å². The first kappa shape index (κ1) is 28.6. The van der Waals surface area contributed by atoms with E-state index in [1.807, 2.05) is 20.2 Å². The molecule has 0 bridgehead atoms. The quantitative estimate of drug-likeness (QED) is 0.516. The largest absolute Gasteiger partial charge is 0.465 e. The molecule has 2 aromatic rings. The Bertz CT molecular complexity index is 1080. The number of ether oxygens (including phenoxy) is 1. The molecule has 0 aliphatic carbocycles. The van der Waals surface area contributed by atoms with Crippen molar-refractivity contribution in [1.82, 2.24) is 9.80 Å². The van der Waals surface area contributed by atoms with E-state index in [1.54, 1.807) is 29.2 Å². The number of rotatable bonds is 7. The number of fused-ring (bicyclic) bond motifs is 1. The maximum absolute atomic E-state index is 14.9. The predicted molar refractivity (Wildman–Crippen MR) is 147 cm³/mol. The summed E-state index contributed by atoms with van der Waals surface area (Å²) >= 11 is 0. The standard InChI is InChI=1S/C23H26FN3O3.C6H15N/c1-25(2)18-9-10-26(14-18)21-7-5-17(13-20(21)24)27-11-8-15-12-16(23(29)30-3)4-6-19(15)22(27)28;1-4-7(5-2)6-3/h4-7,12-13,18H,8-11,14H2,1-3H3;4-6H2,1-3H3/t18-;/m1./s1. The van der Waals surface area contributed by atoms with Crippen LogP contribution in [-0.4, -0.2) is 88.2 Å². The van der Waals surface area contributed by atoms with Crippen LogP contribution in [0.25, 0.3) is 0 Å². The van der Waals surface area contributed by atoms with Gasteiger partial charge in [-0.2, -0.15) is 0 Å². The Morgan fingerprint density at radius 2 is 1.76 bits per heavy atom. The molecule has 0 N–H and O–H groups in total. The third-order valence-corrected chi connectivity index (χ3v) is 7.43. The first-order valence-electron chi connectivity index (χ1n) is 13.2. The molecule has 0 saturated carbocycles. The third-order valence-electron chi connectivity index (χ3n) is 7.43. The van der Waals surface area contributed by atoms with E-state index < -0.39 is 5.97 Å². The summed E-state index contributed by atoms with van der Waals surface area (Å²) in [5.41, 5.74) is 2.90. The molecule has 0 unspecified atom stereocenters. The van der Waals surface area contributed by atoms with Gasteiger partial charge in [-0.15, -0.1) is 0 Å². The maximum Gasteiger partial charge on any atom is 0.337 e. The fraction of sp³-hybridized carbons (Fsp3) is 0.517. The summed E-state index contributed by atoms with van der Waals surface area (Å²) in [5, 5.41) is 0. The summed E-state index contributed by atoms with van der Waals surface area (Å²) in [6.45, 7) is 12.2. The van der Waals surface area contributed by atoms with Crippen molar-refractivity contribution in [3.63, 3.8) is 0 Å². The lowest BCUT2D eigenvalue weighted by Gasteiger charge is -2.29. The number of likely N-dealkylation sites (N-methyl/N-ethyl adjacent to an activating group) is 1. The molecule has 2 aliphatic rings. The number of hydrogen-bond donors (Lipinski definition) is 0. The van der Waals surface area contributed by atoms with Crippen molar-refractivity contribution < 1.29 is 18.7 Å². The zero-order valence-corrected chi connectivity index (χ0v) is 23.1. The molecule has 1 fully saturated rings. The number of halogens is 1. The van der Waals surface area contributed by atoms with Gasteiger partial charge in [-0.1, -0.05) is 20.8 Å². The van der Waals surface area contributed by atoms with Gasteiger partial charge in [-0.3, -0.25) is 4.79 Å². The van der Waals surface area contributed by atoms with Gasteiger partial charge in [0.15, 0.2) is 0 Å². The van der Waals surface area contributed by atoms with Gasteiger partial charge in [0, 0.05) is 36.9 Å². The van der Waals surface area contributed by atoms with Gasteiger partial charge in [-0.05, 0) is 88.5 Å². The van der Waals surface area contributed by atoms with Crippen LogP contribution < -0.4 is 9.80 Å². The molecule has 1 amide bonds. The van der Waals surface area contributed by atoms with E-state index in [4.69, 9.17) is 4.74 Å². The average molecular weight is 513 g/mol. The fourth-order valence-electron chi connectivity index (χ4n) is 4.95. The van der Waals surface area contributed by atoms with E-state index in [0.29, 0.717) is 41.5 Å². The van der Waals surface area contributed by atoms with Gasteiger partial charge in [0.25, 0.3) is 5.91 Å². The van der Waals surface area contributed by atoms with Gasteiger partial charge < -0.3 is 24.3 Å². The number of carbonyl (C=O) groups is 2. The van der Waals surface area contributed by atoms with E-state index in [0.717, 1.165) is 25.1 Å². The normalized spacial score (nSPS) is 17.1. The summed E-state index contributed by atoms with van der Waals surface area (Å²) in [4.78, 5) is 32.9. The monoisotopic (exact) mass is 512 g/mol. The summed E-state index contributed by atoms with van der Waals surface area (Å²) in [7, 11) is 5.42. The van der Waals surface area contributed by atoms with E-state index in [2.05, 4.69) is 35.5 Å². The number of carbonyl (C=O) groups excluding carboxylic acids is 2. The van der Waals surface area contributed by atoms with E-state index in [1.165, 1.54) is 32.8 Å². The lowest BCUT2D eigenvalue weighted by atomic mass is 9.96. The lowest BCUT2D eigenvalue weighted by Crippen LogP contribution is -2.38. The molecular formula is C29H41FN4O3. The molecule has 1 atom stereocenters. The number of benzene rings is 2. The van der Waals surface area contributed by atoms with Crippen LogP contribution in [0.4, 0.5) is 15.8 Å².